The highest BCUT2D eigenvalue weighted by Crippen LogP contribution is 2.32. The van der Waals surface area contributed by atoms with Crippen molar-refractivity contribution in [2.24, 2.45) is 5.92 Å². The van der Waals surface area contributed by atoms with Gasteiger partial charge in [0.2, 0.25) is 0 Å². The molecule has 0 saturated heterocycles. The van der Waals surface area contributed by atoms with Gasteiger partial charge in [-0.15, -0.1) is 0 Å². The summed E-state index contributed by atoms with van der Waals surface area (Å²) in [6.45, 7) is 5.27. The van der Waals surface area contributed by atoms with Gasteiger partial charge < -0.3 is 5.32 Å². The SMILES string of the molecule is CCCNC(CC1CCCCCC1)c1ccc(F)cc1C. The van der Waals surface area contributed by atoms with Crippen molar-refractivity contribution in [2.45, 2.75) is 71.3 Å². The summed E-state index contributed by atoms with van der Waals surface area (Å²) in [6.07, 6.45) is 10.6. The maximum Gasteiger partial charge on any atom is 0.123 e. The van der Waals surface area contributed by atoms with E-state index < -0.39 is 0 Å². The molecule has 1 nitrogen and oxygen atoms in total. The predicted octanol–water partition coefficient (Wildman–Crippen LogP) is 5.54. The summed E-state index contributed by atoms with van der Waals surface area (Å²) < 4.78 is 13.4. The van der Waals surface area contributed by atoms with E-state index in [1.165, 1.54) is 50.5 Å². The van der Waals surface area contributed by atoms with E-state index in [2.05, 4.69) is 12.2 Å². The Morgan fingerprint density at radius 2 is 1.90 bits per heavy atom. The topological polar surface area (TPSA) is 12.0 Å². The predicted molar refractivity (Wildman–Crippen MR) is 88.0 cm³/mol. The van der Waals surface area contributed by atoms with Gasteiger partial charge in [-0.25, -0.2) is 4.39 Å². The van der Waals surface area contributed by atoms with Gasteiger partial charge in [0.15, 0.2) is 0 Å². The fourth-order valence-corrected chi connectivity index (χ4v) is 3.60. The van der Waals surface area contributed by atoms with Crippen LogP contribution in [-0.2, 0) is 0 Å². The van der Waals surface area contributed by atoms with E-state index in [-0.39, 0.29) is 5.82 Å². The first-order valence-corrected chi connectivity index (χ1v) is 8.70. The van der Waals surface area contributed by atoms with Crippen molar-refractivity contribution in [1.82, 2.24) is 5.32 Å². The molecule has 0 amide bonds. The highest BCUT2D eigenvalue weighted by molar-refractivity contribution is 5.29. The molecule has 1 fully saturated rings. The number of rotatable bonds is 6. The molecule has 2 rings (SSSR count). The van der Waals surface area contributed by atoms with Crippen molar-refractivity contribution < 1.29 is 4.39 Å². The number of nitrogens with one attached hydrogen (secondary N) is 1. The van der Waals surface area contributed by atoms with E-state index in [4.69, 9.17) is 0 Å². The summed E-state index contributed by atoms with van der Waals surface area (Å²) >= 11 is 0. The van der Waals surface area contributed by atoms with Gasteiger partial charge in [0.1, 0.15) is 5.82 Å². The van der Waals surface area contributed by atoms with E-state index in [1.807, 2.05) is 13.0 Å². The van der Waals surface area contributed by atoms with Gasteiger partial charge in [-0.2, -0.15) is 0 Å². The molecule has 0 aliphatic heterocycles. The molecule has 0 radical (unpaired) electrons. The summed E-state index contributed by atoms with van der Waals surface area (Å²) in [6, 6.07) is 5.64. The van der Waals surface area contributed by atoms with Gasteiger partial charge in [0.25, 0.3) is 0 Å². The summed E-state index contributed by atoms with van der Waals surface area (Å²) in [4.78, 5) is 0. The van der Waals surface area contributed by atoms with E-state index in [0.717, 1.165) is 24.4 Å². The highest BCUT2D eigenvalue weighted by atomic mass is 19.1. The van der Waals surface area contributed by atoms with Crippen molar-refractivity contribution in [1.29, 1.82) is 0 Å². The largest absolute Gasteiger partial charge is 0.310 e. The highest BCUT2D eigenvalue weighted by Gasteiger charge is 2.20. The van der Waals surface area contributed by atoms with E-state index in [1.54, 1.807) is 12.1 Å². The zero-order chi connectivity index (χ0) is 15.1. The second kappa shape index (κ2) is 8.53. The van der Waals surface area contributed by atoms with Crippen LogP contribution in [0.3, 0.4) is 0 Å². The molecule has 1 aromatic carbocycles. The van der Waals surface area contributed by atoms with Crippen LogP contribution in [0.5, 0.6) is 0 Å². The van der Waals surface area contributed by atoms with Crippen LogP contribution in [0.1, 0.15) is 75.5 Å². The van der Waals surface area contributed by atoms with Gasteiger partial charge in [-0.05, 0) is 55.5 Å². The minimum absolute atomic E-state index is 0.125. The molecule has 21 heavy (non-hydrogen) atoms. The first kappa shape index (κ1) is 16.5. The molecular formula is C19H30FN. The summed E-state index contributed by atoms with van der Waals surface area (Å²) in [5.74, 6) is 0.700. The van der Waals surface area contributed by atoms with Crippen LogP contribution in [0.2, 0.25) is 0 Å². The van der Waals surface area contributed by atoms with E-state index >= 15 is 0 Å². The van der Waals surface area contributed by atoms with E-state index in [0.29, 0.717) is 6.04 Å². The number of hydrogen-bond acceptors (Lipinski definition) is 1. The smallest absolute Gasteiger partial charge is 0.123 e. The lowest BCUT2D eigenvalue weighted by Crippen LogP contribution is -2.25. The lowest BCUT2D eigenvalue weighted by Gasteiger charge is -2.25. The van der Waals surface area contributed by atoms with Crippen molar-refractivity contribution in [2.75, 3.05) is 6.54 Å². The Hall–Kier alpha value is -0.890. The zero-order valence-electron chi connectivity index (χ0n) is 13.6. The summed E-state index contributed by atoms with van der Waals surface area (Å²) in [5, 5.41) is 3.69. The Morgan fingerprint density at radius 1 is 1.19 bits per heavy atom. The van der Waals surface area contributed by atoms with Gasteiger partial charge in [-0.1, -0.05) is 51.5 Å². The molecule has 1 atom stereocenters. The molecule has 2 heteroatoms. The summed E-state index contributed by atoms with van der Waals surface area (Å²) in [7, 11) is 0. The van der Waals surface area contributed by atoms with E-state index in [9.17, 15) is 4.39 Å². The third-order valence-corrected chi connectivity index (χ3v) is 4.79. The fourth-order valence-electron chi connectivity index (χ4n) is 3.60. The zero-order valence-corrected chi connectivity index (χ0v) is 13.6. The van der Waals surface area contributed by atoms with Crippen LogP contribution in [-0.4, -0.2) is 6.54 Å². The standard InChI is InChI=1S/C19H30FN/c1-3-12-21-19(14-16-8-6-4-5-7-9-16)18-11-10-17(20)13-15(18)2/h10-11,13,16,19,21H,3-9,12,14H2,1-2H3. The normalized spacial score (nSPS) is 18.4. The number of hydrogen-bond donors (Lipinski definition) is 1. The second-order valence-electron chi connectivity index (χ2n) is 6.60. The molecule has 1 aliphatic carbocycles. The van der Waals surface area contributed by atoms with Crippen molar-refractivity contribution >= 4 is 0 Å². The monoisotopic (exact) mass is 291 g/mol. The van der Waals surface area contributed by atoms with Crippen LogP contribution in [0.15, 0.2) is 18.2 Å². The molecule has 0 bridgehead atoms. The van der Waals surface area contributed by atoms with Crippen molar-refractivity contribution in [3.63, 3.8) is 0 Å². The molecule has 0 heterocycles. The van der Waals surface area contributed by atoms with Crippen LogP contribution < -0.4 is 5.32 Å². The summed E-state index contributed by atoms with van der Waals surface area (Å²) in [5.41, 5.74) is 2.37. The molecule has 1 aliphatic rings. The molecule has 1 aromatic rings. The third kappa shape index (κ3) is 5.10. The molecule has 0 aromatic heterocycles. The molecule has 1 saturated carbocycles. The Labute approximate surface area is 129 Å². The third-order valence-electron chi connectivity index (χ3n) is 4.79. The van der Waals surface area contributed by atoms with Gasteiger partial charge in [-0.3, -0.25) is 0 Å². The molecule has 118 valence electrons. The molecular weight excluding hydrogens is 261 g/mol. The number of aryl methyl sites for hydroxylation is 1. The average molecular weight is 291 g/mol. The first-order chi connectivity index (χ1) is 10.2. The average Bonchev–Trinajstić information content (AvgIpc) is 2.72. The second-order valence-corrected chi connectivity index (χ2v) is 6.60. The van der Waals surface area contributed by atoms with Crippen LogP contribution in [0.4, 0.5) is 4.39 Å². The first-order valence-electron chi connectivity index (χ1n) is 8.70. The van der Waals surface area contributed by atoms with Gasteiger partial charge in [0.05, 0.1) is 0 Å². The molecule has 1 N–H and O–H groups in total. The Morgan fingerprint density at radius 3 is 2.52 bits per heavy atom. The molecule has 0 spiro atoms. The van der Waals surface area contributed by atoms with Crippen molar-refractivity contribution in [3.8, 4) is 0 Å². The minimum atomic E-state index is -0.125. The van der Waals surface area contributed by atoms with Gasteiger partial charge >= 0.3 is 0 Å². The molecule has 1 unspecified atom stereocenters. The fraction of sp³-hybridized carbons (Fsp3) is 0.684. The Kier molecular flexibility index (Phi) is 6.69. The van der Waals surface area contributed by atoms with Crippen molar-refractivity contribution in [3.05, 3.63) is 35.1 Å². The van der Waals surface area contributed by atoms with Gasteiger partial charge in [0, 0.05) is 6.04 Å². The lowest BCUT2D eigenvalue weighted by molar-refractivity contribution is 0.355. The Balaban J connectivity index is 2.08. The minimum Gasteiger partial charge on any atom is -0.310 e. The maximum atomic E-state index is 13.4. The van der Waals surface area contributed by atoms with Crippen LogP contribution >= 0.6 is 0 Å². The van der Waals surface area contributed by atoms with Crippen LogP contribution in [0, 0.1) is 18.7 Å². The number of benzene rings is 1. The number of halogens is 1. The Bertz CT molecular complexity index is 422. The maximum absolute atomic E-state index is 13.4. The quantitative estimate of drug-likeness (QED) is 0.679. The van der Waals surface area contributed by atoms with Crippen LogP contribution in [0.25, 0.3) is 0 Å². The lowest BCUT2D eigenvalue weighted by atomic mass is 9.88.